The molecule has 8 heteroatoms. The maximum absolute atomic E-state index is 12.3. The Hall–Kier alpha value is 0.01000. The number of halogens is 1. The Morgan fingerprint density at radius 1 is 1.47 bits per heavy atom. The third-order valence-electron chi connectivity index (χ3n) is 2.50. The summed E-state index contributed by atoms with van der Waals surface area (Å²) in [6.07, 6.45) is 0. The number of hydrogen-bond acceptors (Lipinski definition) is 5. The van der Waals surface area contributed by atoms with Crippen molar-refractivity contribution < 1.29 is 13.2 Å². The van der Waals surface area contributed by atoms with E-state index in [4.69, 9.17) is 10.5 Å². The smallest absolute Gasteiger partial charge is 0.245 e. The number of rotatable bonds is 3. The minimum absolute atomic E-state index is 0.310. The average molecular weight is 341 g/mol. The molecule has 0 amide bonds. The summed E-state index contributed by atoms with van der Waals surface area (Å²) in [4.78, 5) is 1.16. The molecule has 1 aliphatic heterocycles. The SMILES string of the molecule is NCc1cc(S(=O)(=O)N2CCOCC2)c(Br)s1. The first-order valence-electron chi connectivity index (χ1n) is 5.12. The summed E-state index contributed by atoms with van der Waals surface area (Å²) in [5.41, 5.74) is 5.51. The molecule has 1 aromatic heterocycles. The lowest BCUT2D eigenvalue weighted by molar-refractivity contribution is 0.0730. The molecule has 0 unspecified atom stereocenters. The molecule has 0 spiro atoms. The lowest BCUT2D eigenvalue weighted by Gasteiger charge is -2.25. The molecule has 1 aromatic rings. The molecule has 0 aromatic carbocycles. The van der Waals surface area contributed by atoms with Gasteiger partial charge in [-0.3, -0.25) is 0 Å². The van der Waals surface area contributed by atoms with Gasteiger partial charge in [0.2, 0.25) is 10.0 Å². The molecule has 96 valence electrons. The minimum Gasteiger partial charge on any atom is -0.379 e. The first-order chi connectivity index (χ1) is 8.05. The van der Waals surface area contributed by atoms with Gasteiger partial charge in [-0.15, -0.1) is 11.3 Å². The molecule has 0 aliphatic carbocycles. The van der Waals surface area contributed by atoms with Crippen LogP contribution in [0.15, 0.2) is 14.7 Å². The van der Waals surface area contributed by atoms with Crippen molar-refractivity contribution in [3.05, 3.63) is 14.7 Å². The van der Waals surface area contributed by atoms with Crippen LogP contribution >= 0.6 is 27.3 Å². The molecule has 5 nitrogen and oxygen atoms in total. The molecule has 0 saturated carbocycles. The van der Waals surface area contributed by atoms with Crippen molar-refractivity contribution >= 4 is 37.3 Å². The second-order valence-electron chi connectivity index (χ2n) is 3.57. The summed E-state index contributed by atoms with van der Waals surface area (Å²) in [7, 11) is -3.42. The van der Waals surface area contributed by atoms with E-state index in [0.29, 0.717) is 41.5 Å². The second kappa shape index (κ2) is 5.33. The number of hydrogen-bond donors (Lipinski definition) is 1. The van der Waals surface area contributed by atoms with E-state index in [1.165, 1.54) is 15.6 Å². The molecular weight excluding hydrogens is 328 g/mol. The van der Waals surface area contributed by atoms with E-state index in [0.717, 1.165) is 4.88 Å². The van der Waals surface area contributed by atoms with Crippen LogP contribution in [0.3, 0.4) is 0 Å². The predicted molar refractivity (Wildman–Crippen MR) is 69.5 cm³/mol. The number of nitrogens with zero attached hydrogens (tertiary/aromatic N) is 1. The van der Waals surface area contributed by atoms with E-state index in [1.54, 1.807) is 6.07 Å². The van der Waals surface area contributed by atoms with Gasteiger partial charge in [-0.2, -0.15) is 4.31 Å². The molecule has 2 heterocycles. The third kappa shape index (κ3) is 2.72. The maximum Gasteiger partial charge on any atom is 0.245 e. The maximum atomic E-state index is 12.3. The molecule has 1 saturated heterocycles. The number of thiophene rings is 1. The van der Waals surface area contributed by atoms with Crippen LogP contribution in [0, 0.1) is 0 Å². The highest BCUT2D eigenvalue weighted by molar-refractivity contribution is 9.11. The van der Waals surface area contributed by atoms with Gasteiger partial charge in [-0.05, 0) is 22.0 Å². The van der Waals surface area contributed by atoms with E-state index < -0.39 is 10.0 Å². The van der Waals surface area contributed by atoms with E-state index in [2.05, 4.69) is 15.9 Å². The molecule has 2 rings (SSSR count). The van der Waals surface area contributed by atoms with Crippen molar-refractivity contribution in [2.24, 2.45) is 5.73 Å². The van der Waals surface area contributed by atoms with Gasteiger partial charge in [0, 0.05) is 24.5 Å². The zero-order chi connectivity index (χ0) is 12.5. The zero-order valence-electron chi connectivity index (χ0n) is 9.06. The molecular formula is C9H13BrN2O3S2. The van der Waals surface area contributed by atoms with Gasteiger partial charge in [-0.1, -0.05) is 0 Å². The highest BCUT2D eigenvalue weighted by atomic mass is 79.9. The number of sulfonamides is 1. The largest absolute Gasteiger partial charge is 0.379 e. The molecule has 1 aliphatic rings. The molecule has 0 atom stereocenters. The van der Waals surface area contributed by atoms with E-state index in [1.807, 2.05) is 0 Å². The van der Waals surface area contributed by atoms with Gasteiger partial charge >= 0.3 is 0 Å². The van der Waals surface area contributed by atoms with Crippen molar-refractivity contribution in [2.75, 3.05) is 26.3 Å². The number of morpholine rings is 1. The van der Waals surface area contributed by atoms with E-state index >= 15 is 0 Å². The van der Waals surface area contributed by atoms with Crippen molar-refractivity contribution in [1.29, 1.82) is 0 Å². The van der Waals surface area contributed by atoms with Gasteiger partial charge in [0.05, 0.1) is 17.0 Å². The van der Waals surface area contributed by atoms with Gasteiger partial charge in [0.25, 0.3) is 0 Å². The molecule has 0 radical (unpaired) electrons. The quantitative estimate of drug-likeness (QED) is 0.890. The van der Waals surface area contributed by atoms with Crippen LogP contribution in [0.25, 0.3) is 0 Å². The zero-order valence-corrected chi connectivity index (χ0v) is 12.3. The van der Waals surface area contributed by atoms with Crippen LogP contribution in [0.2, 0.25) is 0 Å². The van der Waals surface area contributed by atoms with Crippen LogP contribution in [0.1, 0.15) is 4.88 Å². The first kappa shape index (κ1) is 13.4. The van der Waals surface area contributed by atoms with Crippen molar-refractivity contribution in [2.45, 2.75) is 11.4 Å². The second-order valence-corrected chi connectivity index (χ2v) is 7.93. The molecule has 1 fully saturated rings. The van der Waals surface area contributed by atoms with Crippen LogP contribution in [0.5, 0.6) is 0 Å². The fourth-order valence-corrected chi connectivity index (χ4v) is 5.52. The summed E-state index contributed by atoms with van der Waals surface area (Å²) >= 11 is 4.65. The highest BCUT2D eigenvalue weighted by Gasteiger charge is 2.29. The Morgan fingerprint density at radius 3 is 2.65 bits per heavy atom. The summed E-state index contributed by atoms with van der Waals surface area (Å²) in [5, 5.41) is 0. The molecule has 0 bridgehead atoms. The van der Waals surface area contributed by atoms with Gasteiger partial charge in [0.15, 0.2) is 0 Å². The Bertz CT molecular complexity index is 494. The first-order valence-corrected chi connectivity index (χ1v) is 8.17. The fourth-order valence-electron chi connectivity index (χ4n) is 1.60. The van der Waals surface area contributed by atoms with Crippen molar-refractivity contribution in [3.63, 3.8) is 0 Å². The molecule has 2 N–H and O–H groups in total. The summed E-state index contributed by atoms with van der Waals surface area (Å²) < 4.78 is 31.9. The van der Waals surface area contributed by atoms with Crippen LogP contribution in [-0.4, -0.2) is 39.0 Å². The summed E-state index contributed by atoms with van der Waals surface area (Å²) in [6, 6.07) is 1.64. The third-order valence-corrected chi connectivity index (χ3v) is 6.67. The number of nitrogens with two attached hydrogens (primary N) is 1. The summed E-state index contributed by atoms with van der Waals surface area (Å²) in [5.74, 6) is 0. The Kier molecular flexibility index (Phi) is 4.22. The topological polar surface area (TPSA) is 72.6 Å². The molecule has 17 heavy (non-hydrogen) atoms. The van der Waals surface area contributed by atoms with Crippen molar-refractivity contribution in [1.82, 2.24) is 4.31 Å². The van der Waals surface area contributed by atoms with Crippen molar-refractivity contribution in [3.8, 4) is 0 Å². The van der Waals surface area contributed by atoms with Crippen LogP contribution in [0.4, 0.5) is 0 Å². The van der Waals surface area contributed by atoms with E-state index in [9.17, 15) is 8.42 Å². The number of ether oxygens (including phenoxy) is 1. The van der Waals surface area contributed by atoms with Gasteiger partial charge < -0.3 is 10.5 Å². The fraction of sp³-hybridized carbons (Fsp3) is 0.556. The van der Waals surface area contributed by atoms with E-state index in [-0.39, 0.29) is 0 Å². The Balaban J connectivity index is 2.33. The lowest BCUT2D eigenvalue weighted by Crippen LogP contribution is -2.40. The standard InChI is InChI=1S/C9H13BrN2O3S2/c10-9-8(5-7(6-11)16-9)17(13,14)12-1-3-15-4-2-12/h5H,1-4,6,11H2. The normalized spacial score (nSPS) is 18.5. The summed E-state index contributed by atoms with van der Waals surface area (Å²) in [6.45, 7) is 2.06. The highest BCUT2D eigenvalue weighted by Crippen LogP contribution is 2.33. The van der Waals surface area contributed by atoms with Gasteiger partial charge in [0.1, 0.15) is 4.90 Å². The lowest BCUT2D eigenvalue weighted by atomic mass is 10.5. The minimum atomic E-state index is -3.42. The Morgan fingerprint density at radius 2 is 2.12 bits per heavy atom. The average Bonchev–Trinajstić information content (AvgIpc) is 2.72. The Labute approximate surface area is 113 Å². The van der Waals surface area contributed by atoms with Crippen LogP contribution < -0.4 is 5.73 Å². The van der Waals surface area contributed by atoms with Crippen LogP contribution in [-0.2, 0) is 21.3 Å². The van der Waals surface area contributed by atoms with Gasteiger partial charge in [-0.25, -0.2) is 8.42 Å². The monoisotopic (exact) mass is 340 g/mol. The predicted octanol–water partition coefficient (Wildman–Crippen LogP) is 0.990.